The number of aromatic nitrogens is 2. The predicted octanol–water partition coefficient (Wildman–Crippen LogP) is 1.42. The molecule has 0 saturated heterocycles. The Morgan fingerprint density at radius 3 is 2.74 bits per heavy atom. The molecular weight excluding hydrogens is 244 g/mol. The van der Waals surface area contributed by atoms with Crippen LogP contribution >= 0.6 is 0 Å². The molecule has 0 radical (unpaired) electrons. The summed E-state index contributed by atoms with van der Waals surface area (Å²) in [6.45, 7) is 2.55. The Morgan fingerprint density at radius 2 is 2.05 bits per heavy atom. The van der Waals surface area contributed by atoms with Gasteiger partial charge in [0.1, 0.15) is 0 Å². The highest BCUT2D eigenvalue weighted by Crippen LogP contribution is 1.98. The molecule has 0 aliphatic carbocycles. The van der Waals surface area contributed by atoms with E-state index in [1.54, 1.807) is 6.92 Å². The van der Waals surface area contributed by atoms with Crippen LogP contribution in [0.2, 0.25) is 0 Å². The van der Waals surface area contributed by atoms with E-state index in [0.717, 1.165) is 6.42 Å². The van der Waals surface area contributed by atoms with Crippen LogP contribution in [-0.4, -0.2) is 22.7 Å². The van der Waals surface area contributed by atoms with Gasteiger partial charge in [-0.1, -0.05) is 35.5 Å². The Hall–Kier alpha value is -2.37. The molecule has 2 N–H and O–H groups in total. The number of rotatable bonds is 5. The second-order valence-corrected chi connectivity index (χ2v) is 4.08. The first-order valence-corrected chi connectivity index (χ1v) is 6.09. The number of nitrogens with one attached hydrogen (secondary N) is 2. The van der Waals surface area contributed by atoms with Crippen molar-refractivity contribution in [3.8, 4) is 0 Å². The van der Waals surface area contributed by atoms with Gasteiger partial charge in [0.15, 0.2) is 5.82 Å². The molecule has 2 amide bonds. The third kappa shape index (κ3) is 4.42. The molecule has 2 aromatic rings. The molecule has 0 atom stereocenters. The highest BCUT2D eigenvalue weighted by atomic mass is 16.5. The number of aryl methyl sites for hydroxylation is 1. The van der Waals surface area contributed by atoms with E-state index in [0.29, 0.717) is 18.3 Å². The van der Waals surface area contributed by atoms with Gasteiger partial charge < -0.3 is 15.2 Å². The predicted molar refractivity (Wildman–Crippen MR) is 69.4 cm³/mol. The maximum Gasteiger partial charge on any atom is 0.315 e. The molecule has 1 aromatic heterocycles. The standard InChI is InChI=1S/C13H16N4O2/c1-10-16-12(19-17-10)9-15-13(18)14-8-7-11-5-3-2-4-6-11/h2-6H,7-9H2,1H3,(H2,14,15,18). The van der Waals surface area contributed by atoms with E-state index in [1.165, 1.54) is 5.56 Å². The third-order valence-electron chi connectivity index (χ3n) is 2.51. The summed E-state index contributed by atoms with van der Waals surface area (Å²) in [5.74, 6) is 0.956. The quantitative estimate of drug-likeness (QED) is 0.852. The highest BCUT2D eigenvalue weighted by molar-refractivity contribution is 5.73. The highest BCUT2D eigenvalue weighted by Gasteiger charge is 2.05. The van der Waals surface area contributed by atoms with Gasteiger partial charge in [0.05, 0.1) is 6.54 Å². The molecular formula is C13H16N4O2. The van der Waals surface area contributed by atoms with Crippen molar-refractivity contribution in [2.45, 2.75) is 19.9 Å². The Bertz CT molecular complexity index is 524. The van der Waals surface area contributed by atoms with Crippen LogP contribution in [0.5, 0.6) is 0 Å². The molecule has 0 spiro atoms. The lowest BCUT2D eigenvalue weighted by molar-refractivity contribution is 0.238. The zero-order valence-corrected chi connectivity index (χ0v) is 10.7. The van der Waals surface area contributed by atoms with E-state index in [9.17, 15) is 4.79 Å². The van der Waals surface area contributed by atoms with Gasteiger partial charge in [0, 0.05) is 6.54 Å². The van der Waals surface area contributed by atoms with Gasteiger partial charge in [0.2, 0.25) is 5.89 Å². The van der Waals surface area contributed by atoms with Crippen molar-refractivity contribution >= 4 is 6.03 Å². The number of nitrogens with zero attached hydrogens (tertiary/aromatic N) is 2. The fraction of sp³-hybridized carbons (Fsp3) is 0.308. The zero-order chi connectivity index (χ0) is 13.5. The summed E-state index contributed by atoms with van der Waals surface area (Å²) in [4.78, 5) is 15.5. The molecule has 1 aromatic carbocycles. The molecule has 0 bridgehead atoms. The molecule has 0 saturated carbocycles. The molecule has 2 rings (SSSR count). The van der Waals surface area contributed by atoms with Gasteiger partial charge >= 0.3 is 6.03 Å². The van der Waals surface area contributed by atoms with Gasteiger partial charge in [-0.25, -0.2) is 4.79 Å². The molecule has 0 fully saturated rings. The summed E-state index contributed by atoms with van der Waals surface area (Å²) in [6, 6.07) is 9.74. The average Bonchev–Trinajstić information content (AvgIpc) is 2.83. The minimum absolute atomic E-state index is 0.234. The largest absolute Gasteiger partial charge is 0.338 e. The van der Waals surface area contributed by atoms with Crippen LogP contribution in [0.4, 0.5) is 4.79 Å². The number of hydrogen-bond donors (Lipinski definition) is 2. The molecule has 6 nitrogen and oxygen atoms in total. The van der Waals surface area contributed by atoms with Crippen LogP contribution in [0.25, 0.3) is 0 Å². The summed E-state index contributed by atoms with van der Waals surface area (Å²) in [5.41, 5.74) is 1.19. The molecule has 1 heterocycles. The second-order valence-electron chi connectivity index (χ2n) is 4.08. The van der Waals surface area contributed by atoms with Gasteiger partial charge in [0.25, 0.3) is 0 Å². The van der Waals surface area contributed by atoms with Crippen molar-refractivity contribution in [3.05, 3.63) is 47.6 Å². The first-order chi connectivity index (χ1) is 9.24. The number of benzene rings is 1. The fourth-order valence-corrected chi connectivity index (χ4v) is 1.60. The number of amides is 2. The first-order valence-electron chi connectivity index (χ1n) is 6.09. The summed E-state index contributed by atoms with van der Waals surface area (Å²) in [6.07, 6.45) is 0.800. The van der Waals surface area contributed by atoms with E-state index >= 15 is 0 Å². The Balaban J connectivity index is 1.65. The lowest BCUT2D eigenvalue weighted by Crippen LogP contribution is -2.36. The molecule has 0 unspecified atom stereocenters. The Labute approximate surface area is 111 Å². The minimum Gasteiger partial charge on any atom is -0.338 e. The number of carbonyl (C=O) groups excluding carboxylic acids is 1. The molecule has 6 heteroatoms. The van der Waals surface area contributed by atoms with Crippen molar-refractivity contribution in [2.75, 3.05) is 6.54 Å². The van der Waals surface area contributed by atoms with Gasteiger partial charge in [-0.2, -0.15) is 4.98 Å². The van der Waals surface area contributed by atoms with Crippen LogP contribution < -0.4 is 10.6 Å². The van der Waals surface area contributed by atoms with Crippen molar-refractivity contribution in [3.63, 3.8) is 0 Å². The smallest absolute Gasteiger partial charge is 0.315 e. The van der Waals surface area contributed by atoms with E-state index < -0.39 is 0 Å². The number of carbonyl (C=O) groups is 1. The molecule has 0 aliphatic heterocycles. The van der Waals surface area contributed by atoms with E-state index in [2.05, 4.69) is 20.8 Å². The zero-order valence-electron chi connectivity index (χ0n) is 10.7. The van der Waals surface area contributed by atoms with Gasteiger partial charge in [-0.3, -0.25) is 0 Å². The Kier molecular flexibility index (Phi) is 4.49. The van der Waals surface area contributed by atoms with Crippen molar-refractivity contribution in [1.82, 2.24) is 20.8 Å². The fourth-order valence-electron chi connectivity index (χ4n) is 1.60. The van der Waals surface area contributed by atoms with E-state index in [4.69, 9.17) is 4.52 Å². The Morgan fingerprint density at radius 1 is 1.26 bits per heavy atom. The van der Waals surface area contributed by atoms with Crippen LogP contribution in [0.15, 0.2) is 34.9 Å². The van der Waals surface area contributed by atoms with E-state index in [1.807, 2.05) is 30.3 Å². The van der Waals surface area contributed by atoms with Crippen molar-refractivity contribution in [2.24, 2.45) is 0 Å². The van der Waals surface area contributed by atoms with Crippen LogP contribution in [-0.2, 0) is 13.0 Å². The third-order valence-corrected chi connectivity index (χ3v) is 2.51. The van der Waals surface area contributed by atoms with Crippen LogP contribution in [0, 0.1) is 6.92 Å². The van der Waals surface area contributed by atoms with Crippen LogP contribution in [0.3, 0.4) is 0 Å². The minimum atomic E-state index is -0.244. The summed E-state index contributed by atoms with van der Waals surface area (Å²) in [7, 11) is 0. The summed E-state index contributed by atoms with van der Waals surface area (Å²) in [5, 5.41) is 9.06. The lowest BCUT2D eigenvalue weighted by atomic mass is 10.1. The van der Waals surface area contributed by atoms with Gasteiger partial charge in [-0.15, -0.1) is 0 Å². The molecule has 0 aliphatic rings. The molecule has 19 heavy (non-hydrogen) atoms. The average molecular weight is 260 g/mol. The first kappa shape index (κ1) is 13.1. The maximum atomic E-state index is 11.5. The van der Waals surface area contributed by atoms with Crippen molar-refractivity contribution in [1.29, 1.82) is 0 Å². The number of urea groups is 1. The maximum absolute atomic E-state index is 11.5. The van der Waals surface area contributed by atoms with Crippen molar-refractivity contribution < 1.29 is 9.32 Å². The number of hydrogen-bond acceptors (Lipinski definition) is 4. The monoisotopic (exact) mass is 260 g/mol. The summed E-state index contributed by atoms with van der Waals surface area (Å²) < 4.78 is 4.88. The van der Waals surface area contributed by atoms with Gasteiger partial charge in [-0.05, 0) is 18.9 Å². The lowest BCUT2D eigenvalue weighted by Gasteiger charge is -2.05. The normalized spacial score (nSPS) is 10.2. The summed E-state index contributed by atoms with van der Waals surface area (Å²) >= 11 is 0. The molecule has 100 valence electrons. The van der Waals surface area contributed by atoms with E-state index in [-0.39, 0.29) is 12.6 Å². The topological polar surface area (TPSA) is 80.0 Å². The SMILES string of the molecule is Cc1noc(CNC(=O)NCCc2ccccc2)n1. The van der Waals surface area contributed by atoms with Crippen LogP contribution in [0.1, 0.15) is 17.3 Å². The second kappa shape index (κ2) is 6.53.